The molecule has 2 aliphatic rings. The molecule has 2 fully saturated rings. The van der Waals surface area contributed by atoms with E-state index in [4.69, 9.17) is 0 Å². The average Bonchev–Trinajstić information content (AvgIpc) is 2.88. The summed E-state index contributed by atoms with van der Waals surface area (Å²) in [7, 11) is 0. The van der Waals surface area contributed by atoms with Crippen LogP contribution in [0.25, 0.3) is 0 Å². The van der Waals surface area contributed by atoms with E-state index in [1.54, 1.807) is 6.92 Å². The topological polar surface area (TPSA) is 70.2 Å². The van der Waals surface area contributed by atoms with Gasteiger partial charge in [-0.3, -0.25) is 4.79 Å². The van der Waals surface area contributed by atoms with E-state index in [2.05, 4.69) is 22.5 Å². The Kier molecular flexibility index (Phi) is 4.74. The molecule has 19 heavy (non-hydrogen) atoms. The van der Waals surface area contributed by atoms with Crippen LogP contribution in [0.2, 0.25) is 0 Å². The first-order valence-electron chi connectivity index (χ1n) is 6.70. The number of carbonyl (C=O) groups excluding carboxylic acids is 2. The van der Waals surface area contributed by atoms with Crippen molar-refractivity contribution in [3.8, 4) is 0 Å². The predicted octanol–water partition coefficient (Wildman–Crippen LogP) is 1.01. The molecule has 0 radical (unpaired) electrons. The van der Waals surface area contributed by atoms with Gasteiger partial charge in [0.2, 0.25) is 5.91 Å². The summed E-state index contributed by atoms with van der Waals surface area (Å²) in [6, 6.07) is 0.544. The van der Waals surface area contributed by atoms with Crippen LogP contribution in [-0.4, -0.2) is 41.6 Å². The van der Waals surface area contributed by atoms with Gasteiger partial charge in [0.25, 0.3) is 0 Å². The van der Waals surface area contributed by atoms with Crippen molar-refractivity contribution in [2.24, 2.45) is 0 Å². The maximum absolute atomic E-state index is 11.3. The summed E-state index contributed by atoms with van der Waals surface area (Å²) in [5, 5.41) is 9.26. The molecule has 0 aromatic heterocycles. The Balaban J connectivity index is 1.60. The number of carbonyl (C=O) groups is 2. The minimum absolute atomic E-state index is 0.0333. The third kappa shape index (κ3) is 3.65. The lowest BCUT2D eigenvalue weighted by atomic mass is 10.0. The Morgan fingerprint density at radius 1 is 1.47 bits per heavy atom. The molecule has 2 rings (SSSR count). The second-order valence-electron chi connectivity index (χ2n) is 5.15. The maximum atomic E-state index is 11.3. The predicted molar refractivity (Wildman–Crippen MR) is 77.2 cm³/mol. The first-order valence-corrected chi connectivity index (χ1v) is 7.75. The van der Waals surface area contributed by atoms with Crippen LogP contribution in [0, 0.1) is 0 Å². The SMILES string of the molecule is C=C(C)C(=O)NCCCC[C@@H]1SC[C@@H]2NC(=O)N[C@@H]21. The smallest absolute Gasteiger partial charge is 0.315 e. The molecule has 0 aromatic carbocycles. The lowest BCUT2D eigenvalue weighted by Crippen LogP contribution is -2.36. The summed E-state index contributed by atoms with van der Waals surface area (Å²) in [6.45, 7) is 6.00. The first-order chi connectivity index (χ1) is 9.08. The largest absolute Gasteiger partial charge is 0.352 e. The minimum Gasteiger partial charge on any atom is -0.352 e. The van der Waals surface area contributed by atoms with Gasteiger partial charge in [0.1, 0.15) is 0 Å². The molecule has 3 atom stereocenters. The Labute approximate surface area is 118 Å². The number of amides is 3. The lowest BCUT2D eigenvalue weighted by molar-refractivity contribution is -0.117. The van der Waals surface area contributed by atoms with Crippen molar-refractivity contribution in [1.82, 2.24) is 16.0 Å². The van der Waals surface area contributed by atoms with E-state index in [0.29, 0.717) is 23.4 Å². The zero-order valence-corrected chi connectivity index (χ0v) is 12.0. The van der Waals surface area contributed by atoms with E-state index < -0.39 is 0 Å². The van der Waals surface area contributed by atoms with Gasteiger partial charge in [0, 0.05) is 23.1 Å². The van der Waals surface area contributed by atoms with Gasteiger partial charge >= 0.3 is 6.03 Å². The van der Waals surface area contributed by atoms with E-state index in [9.17, 15) is 9.59 Å². The minimum atomic E-state index is -0.0671. The Morgan fingerprint density at radius 3 is 3.00 bits per heavy atom. The first kappa shape index (κ1) is 14.2. The van der Waals surface area contributed by atoms with Crippen molar-refractivity contribution in [1.29, 1.82) is 0 Å². The molecular formula is C13H21N3O2S. The van der Waals surface area contributed by atoms with Crippen molar-refractivity contribution < 1.29 is 9.59 Å². The van der Waals surface area contributed by atoms with Crippen molar-refractivity contribution in [3.05, 3.63) is 12.2 Å². The number of unbranched alkanes of at least 4 members (excludes halogenated alkanes) is 1. The fraction of sp³-hybridized carbons (Fsp3) is 0.692. The van der Waals surface area contributed by atoms with Crippen LogP contribution < -0.4 is 16.0 Å². The molecule has 0 unspecified atom stereocenters. The summed E-state index contributed by atoms with van der Waals surface area (Å²) in [6.07, 6.45) is 3.11. The number of hydrogen-bond donors (Lipinski definition) is 3. The van der Waals surface area contributed by atoms with Crippen LogP contribution in [-0.2, 0) is 4.79 Å². The highest BCUT2D eigenvalue weighted by molar-refractivity contribution is 8.00. The van der Waals surface area contributed by atoms with Gasteiger partial charge in [-0.05, 0) is 19.8 Å². The molecule has 3 N–H and O–H groups in total. The highest BCUT2D eigenvalue weighted by atomic mass is 32.2. The van der Waals surface area contributed by atoms with E-state index in [0.717, 1.165) is 25.0 Å². The Hall–Kier alpha value is -1.17. The van der Waals surface area contributed by atoms with Crippen LogP contribution in [0.4, 0.5) is 4.79 Å². The number of nitrogens with one attached hydrogen (secondary N) is 3. The number of urea groups is 1. The molecule has 0 saturated carbocycles. The second kappa shape index (κ2) is 6.32. The van der Waals surface area contributed by atoms with E-state index in [1.165, 1.54) is 0 Å². The highest BCUT2D eigenvalue weighted by Gasteiger charge is 2.42. The molecule has 5 nitrogen and oxygen atoms in total. The summed E-state index contributed by atoms with van der Waals surface area (Å²) in [4.78, 5) is 22.5. The maximum Gasteiger partial charge on any atom is 0.315 e. The zero-order valence-electron chi connectivity index (χ0n) is 11.2. The van der Waals surface area contributed by atoms with Crippen molar-refractivity contribution in [2.45, 2.75) is 43.5 Å². The van der Waals surface area contributed by atoms with Gasteiger partial charge in [-0.25, -0.2) is 4.79 Å². The van der Waals surface area contributed by atoms with Crippen LogP contribution >= 0.6 is 11.8 Å². The van der Waals surface area contributed by atoms with Crippen LogP contribution in [0.15, 0.2) is 12.2 Å². The molecule has 0 spiro atoms. The van der Waals surface area contributed by atoms with Crippen LogP contribution in [0.5, 0.6) is 0 Å². The van der Waals surface area contributed by atoms with Crippen LogP contribution in [0.1, 0.15) is 26.2 Å². The Bertz CT molecular complexity index is 386. The molecule has 0 bridgehead atoms. The molecular weight excluding hydrogens is 262 g/mol. The quantitative estimate of drug-likeness (QED) is 0.387. The van der Waals surface area contributed by atoms with Crippen molar-refractivity contribution in [3.63, 3.8) is 0 Å². The lowest BCUT2D eigenvalue weighted by Gasteiger charge is -2.16. The molecule has 106 valence electrons. The monoisotopic (exact) mass is 283 g/mol. The van der Waals surface area contributed by atoms with Gasteiger partial charge in [0.05, 0.1) is 12.1 Å². The van der Waals surface area contributed by atoms with E-state index in [1.807, 2.05) is 11.8 Å². The fourth-order valence-electron chi connectivity index (χ4n) is 2.47. The van der Waals surface area contributed by atoms with Gasteiger partial charge in [-0.1, -0.05) is 13.0 Å². The third-order valence-corrected chi connectivity index (χ3v) is 5.04. The van der Waals surface area contributed by atoms with Gasteiger partial charge in [-0.2, -0.15) is 11.8 Å². The highest BCUT2D eigenvalue weighted by Crippen LogP contribution is 2.32. The van der Waals surface area contributed by atoms with Gasteiger partial charge < -0.3 is 16.0 Å². The number of fused-ring (bicyclic) bond motifs is 1. The van der Waals surface area contributed by atoms with Gasteiger partial charge in [-0.15, -0.1) is 0 Å². The third-order valence-electron chi connectivity index (χ3n) is 3.53. The summed E-state index contributed by atoms with van der Waals surface area (Å²) in [5.41, 5.74) is 0.550. The summed E-state index contributed by atoms with van der Waals surface area (Å²) >= 11 is 1.93. The molecule has 0 aromatic rings. The molecule has 3 amide bonds. The number of hydrogen-bond acceptors (Lipinski definition) is 3. The number of rotatable bonds is 6. The normalized spacial score (nSPS) is 28.5. The van der Waals surface area contributed by atoms with Crippen LogP contribution in [0.3, 0.4) is 0 Å². The molecule has 2 heterocycles. The summed E-state index contributed by atoms with van der Waals surface area (Å²) < 4.78 is 0. The molecule has 0 aliphatic carbocycles. The number of thioether (sulfide) groups is 1. The zero-order chi connectivity index (χ0) is 13.8. The van der Waals surface area contributed by atoms with Crippen molar-refractivity contribution in [2.75, 3.05) is 12.3 Å². The Morgan fingerprint density at radius 2 is 2.26 bits per heavy atom. The van der Waals surface area contributed by atoms with Gasteiger partial charge in [0.15, 0.2) is 0 Å². The fourth-order valence-corrected chi connectivity index (χ4v) is 4.01. The van der Waals surface area contributed by atoms with Crippen molar-refractivity contribution >= 4 is 23.7 Å². The molecule has 6 heteroatoms. The van der Waals surface area contributed by atoms with E-state index in [-0.39, 0.29) is 18.0 Å². The van der Waals surface area contributed by atoms with E-state index >= 15 is 0 Å². The molecule has 2 aliphatic heterocycles. The average molecular weight is 283 g/mol. The second-order valence-corrected chi connectivity index (χ2v) is 6.43. The summed E-state index contributed by atoms with van der Waals surface area (Å²) in [5.74, 6) is 0.933. The molecule has 2 saturated heterocycles. The standard InChI is InChI=1S/C13H21N3O2S/c1-8(2)12(17)14-6-4-3-5-10-11-9(7-19-10)15-13(18)16-11/h9-11H,1,3-7H2,2H3,(H,14,17)(H2,15,16,18)/t9-,10-,11-/m0/s1.